The molecule has 2 rings (SSSR count). The molecule has 0 amide bonds. The van der Waals surface area contributed by atoms with Crippen molar-refractivity contribution < 1.29 is 4.39 Å². The van der Waals surface area contributed by atoms with Crippen LogP contribution in [-0.2, 0) is 0 Å². The Hall–Kier alpha value is -1.75. The second kappa shape index (κ2) is 5.93. The quantitative estimate of drug-likeness (QED) is 0.901. The van der Waals surface area contributed by atoms with Crippen molar-refractivity contribution in [1.82, 2.24) is 20.3 Å². The van der Waals surface area contributed by atoms with Gasteiger partial charge in [-0.1, -0.05) is 24.3 Å². The van der Waals surface area contributed by atoms with Gasteiger partial charge in [-0.05, 0) is 38.9 Å². The van der Waals surface area contributed by atoms with Gasteiger partial charge < -0.3 is 5.32 Å². The molecule has 19 heavy (non-hydrogen) atoms. The molecule has 0 radical (unpaired) electrons. The van der Waals surface area contributed by atoms with Crippen LogP contribution in [0.15, 0.2) is 24.3 Å². The first kappa shape index (κ1) is 13.7. The zero-order chi connectivity index (χ0) is 13.8. The number of hydrogen-bond donors (Lipinski definition) is 1. The first-order chi connectivity index (χ1) is 9.15. The molecule has 2 aromatic rings. The number of hydrogen-bond acceptors (Lipinski definition) is 3. The van der Waals surface area contributed by atoms with Gasteiger partial charge in [0.05, 0.1) is 11.7 Å². The zero-order valence-electron chi connectivity index (χ0n) is 11.5. The maximum Gasteiger partial charge on any atom is 0.148 e. The molecule has 4 nitrogen and oxygen atoms in total. The number of aromatic nitrogens is 3. The van der Waals surface area contributed by atoms with E-state index in [4.69, 9.17) is 0 Å². The highest BCUT2D eigenvalue weighted by molar-refractivity contribution is 5.35. The van der Waals surface area contributed by atoms with Gasteiger partial charge in [0, 0.05) is 0 Å². The third kappa shape index (κ3) is 2.81. The molecule has 1 unspecified atom stereocenters. The summed E-state index contributed by atoms with van der Waals surface area (Å²) in [5.74, 6) is -0.295. The summed E-state index contributed by atoms with van der Waals surface area (Å²) in [5.41, 5.74) is 2.15. The van der Waals surface area contributed by atoms with Crippen molar-refractivity contribution in [3.63, 3.8) is 0 Å². The highest BCUT2D eigenvalue weighted by Gasteiger charge is 2.17. The first-order valence-electron chi connectivity index (χ1n) is 6.55. The Bertz CT molecular complexity index is 550. The zero-order valence-corrected chi connectivity index (χ0v) is 11.5. The fourth-order valence-corrected chi connectivity index (χ4v) is 2.05. The Kier molecular flexibility index (Phi) is 4.27. The van der Waals surface area contributed by atoms with Crippen molar-refractivity contribution in [3.05, 3.63) is 41.5 Å². The van der Waals surface area contributed by atoms with Crippen LogP contribution < -0.4 is 5.32 Å². The van der Waals surface area contributed by atoms with Crippen LogP contribution >= 0.6 is 0 Å². The topological polar surface area (TPSA) is 42.7 Å². The van der Waals surface area contributed by atoms with Gasteiger partial charge in [0.15, 0.2) is 0 Å². The molecule has 0 aliphatic rings. The predicted octanol–water partition coefficient (Wildman–Crippen LogP) is 2.78. The Labute approximate surface area is 112 Å². The van der Waals surface area contributed by atoms with Crippen LogP contribution in [0.5, 0.6) is 0 Å². The van der Waals surface area contributed by atoms with Crippen molar-refractivity contribution in [2.45, 2.75) is 33.2 Å². The van der Waals surface area contributed by atoms with E-state index in [1.54, 1.807) is 22.9 Å². The molecule has 0 saturated carbocycles. The molecule has 1 atom stereocenters. The summed E-state index contributed by atoms with van der Waals surface area (Å²) in [6.07, 6.45) is 1.06. The lowest BCUT2D eigenvalue weighted by Gasteiger charge is -2.11. The van der Waals surface area contributed by atoms with Crippen LogP contribution in [0.2, 0.25) is 0 Å². The molecule has 1 N–H and O–H groups in total. The van der Waals surface area contributed by atoms with E-state index in [0.717, 1.165) is 24.4 Å². The molecule has 102 valence electrons. The van der Waals surface area contributed by atoms with Crippen molar-refractivity contribution in [1.29, 1.82) is 0 Å². The van der Waals surface area contributed by atoms with Gasteiger partial charge >= 0.3 is 0 Å². The summed E-state index contributed by atoms with van der Waals surface area (Å²) in [6, 6.07) is 6.69. The summed E-state index contributed by atoms with van der Waals surface area (Å²) in [6.45, 7) is 6.99. The van der Waals surface area contributed by atoms with Crippen LogP contribution in [0.1, 0.15) is 37.7 Å². The Morgan fingerprint density at radius 1 is 1.37 bits per heavy atom. The van der Waals surface area contributed by atoms with E-state index in [0.29, 0.717) is 5.69 Å². The van der Waals surface area contributed by atoms with E-state index in [-0.39, 0.29) is 11.9 Å². The van der Waals surface area contributed by atoms with Crippen molar-refractivity contribution in [2.24, 2.45) is 0 Å². The largest absolute Gasteiger partial charge is 0.309 e. The van der Waals surface area contributed by atoms with Crippen molar-refractivity contribution in [3.8, 4) is 5.69 Å². The number of benzene rings is 1. The average Bonchev–Trinajstić information content (AvgIpc) is 2.78. The van der Waals surface area contributed by atoms with Gasteiger partial charge in [0.1, 0.15) is 17.2 Å². The van der Waals surface area contributed by atoms with Crippen LogP contribution in [0.4, 0.5) is 4.39 Å². The average molecular weight is 262 g/mol. The standard InChI is InChI=1S/C14H19FN4/c1-4-9-16-10(2)14-11(3)19(18-17-14)13-8-6-5-7-12(13)15/h5-8,10,16H,4,9H2,1-3H3. The number of rotatable bonds is 5. The summed E-state index contributed by atoms with van der Waals surface area (Å²) in [4.78, 5) is 0. The van der Waals surface area contributed by atoms with Crippen molar-refractivity contribution in [2.75, 3.05) is 6.54 Å². The lowest BCUT2D eigenvalue weighted by atomic mass is 10.2. The minimum absolute atomic E-state index is 0.112. The SMILES string of the molecule is CCCNC(C)c1nnn(-c2ccccc2F)c1C. The minimum atomic E-state index is -0.295. The van der Waals surface area contributed by atoms with E-state index in [2.05, 4.69) is 22.6 Å². The fourth-order valence-electron chi connectivity index (χ4n) is 2.05. The second-order valence-electron chi connectivity index (χ2n) is 4.60. The highest BCUT2D eigenvalue weighted by atomic mass is 19.1. The maximum absolute atomic E-state index is 13.8. The van der Waals surface area contributed by atoms with E-state index in [1.165, 1.54) is 6.07 Å². The lowest BCUT2D eigenvalue weighted by molar-refractivity contribution is 0.555. The van der Waals surface area contributed by atoms with Crippen LogP contribution in [0.3, 0.4) is 0 Å². The van der Waals surface area contributed by atoms with E-state index in [9.17, 15) is 4.39 Å². The van der Waals surface area contributed by atoms with E-state index < -0.39 is 0 Å². The van der Waals surface area contributed by atoms with Gasteiger partial charge in [0.25, 0.3) is 0 Å². The molecule has 0 aliphatic heterocycles. The van der Waals surface area contributed by atoms with Crippen LogP contribution in [0.25, 0.3) is 5.69 Å². The molecular formula is C14H19FN4. The van der Waals surface area contributed by atoms with Gasteiger partial charge in [0.2, 0.25) is 0 Å². The summed E-state index contributed by atoms with van der Waals surface area (Å²) >= 11 is 0. The monoisotopic (exact) mass is 262 g/mol. The number of nitrogens with one attached hydrogen (secondary N) is 1. The van der Waals surface area contributed by atoms with Crippen molar-refractivity contribution >= 4 is 0 Å². The molecule has 0 saturated heterocycles. The summed E-state index contributed by atoms with van der Waals surface area (Å²) in [5, 5.41) is 11.6. The second-order valence-corrected chi connectivity index (χ2v) is 4.60. The summed E-state index contributed by atoms with van der Waals surface area (Å²) < 4.78 is 15.3. The molecule has 1 aromatic heterocycles. The smallest absolute Gasteiger partial charge is 0.148 e. The lowest BCUT2D eigenvalue weighted by Crippen LogP contribution is -2.20. The van der Waals surface area contributed by atoms with Gasteiger partial charge in [-0.25, -0.2) is 9.07 Å². The maximum atomic E-state index is 13.8. The Morgan fingerprint density at radius 3 is 2.79 bits per heavy atom. The third-order valence-corrected chi connectivity index (χ3v) is 3.12. The molecule has 0 bridgehead atoms. The Morgan fingerprint density at radius 2 is 2.11 bits per heavy atom. The number of halogens is 1. The van der Waals surface area contributed by atoms with Gasteiger partial charge in [-0.2, -0.15) is 0 Å². The highest BCUT2D eigenvalue weighted by Crippen LogP contribution is 2.19. The van der Waals surface area contributed by atoms with Gasteiger partial charge in [-0.15, -0.1) is 5.10 Å². The molecule has 0 aliphatic carbocycles. The molecule has 0 fully saturated rings. The Balaban J connectivity index is 2.31. The molecule has 5 heteroatoms. The molecule has 1 aromatic carbocycles. The van der Waals surface area contributed by atoms with E-state index in [1.807, 2.05) is 13.8 Å². The predicted molar refractivity (Wildman–Crippen MR) is 72.8 cm³/mol. The van der Waals surface area contributed by atoms with Crippen LogP contribution in [0, 0.1) is 12.7 Å². The third-order valence-electron chi connectivity index (χ3n) is 3.12. The molecule has 1 heterocycles. The first-order valence-corrected chi connectivity index (χ1v) is 6.55. The van der Waals surface area contributed by atoms with Crippen LogP contribution in [-0.4, -0.2) is 21.5 Å². The minimum Gasteiger partial charge on any atom is -0.309 e. The summed E-state index contributed by atoms with van der Waals surface area (Å²) in [7, 11) is 0. The fraction of sp³-hybridized carbons (Fsp3) is 0.429. The molecule has 0 spiro atoms. The van der Waals surface area contributed by atoms with E-state index >= 15 is 0 Å². The number of para-hydroxylation sites is 1. The molecular weight excluding hydrogens is 243 g/mol. The van der Waals surface area contributed by atoms with Gasteiger partial charge in [-0.3, -0.25) is 0 Å². The normalized spacial score (nSPS) is 12.6. The number of nitrogens with zero attached hydrogens (tertiary/aromatic N) is 3.